The molecule has 1 aromatic heterocycles. The Morgan fingerprint density at radius 3 is 2.81 bits per heavy atom. The topological polar surface area (TPSA) is 64.0 Å². The molecule has 16 heavy (non-hydrogen) atoms. The molecule has 0 fully saturated rings. The van der Waals surface area contributed by atoms with E-state index in [9.17, 15) is 9.59 Å². The number of Topliss-reactive ketones (excluding diaryl/α,β-unsaturated/α-hetero) is 1. The van der Waals surface area contributed by atoms with Crippen molar-refractivity contribution in [3.05, 3.63) is 18.7 Å². The van der Waals surface area contributed by atoms with Crippen LogP contribution >= 0.6 is 0 Å². The molecule has 0 radical (unpaired) electrons. The first-order valence-corrected chi connectivity index (χ1v) is 5.40. The van der Waals surface area contributed by atoms with Crippen LogP contribution in [0.5, 0.6) is 0 Å². The van der Waals surface area contributed by atoms with E-state index in [0.717, 1.165) is 19.4 Å². The first kappa shape index (κ1) is 12.4. The zero-order valence-electron chi connectivity index (χ0n) is 9.48. The Morgan fingerprint density at radius 1 is 1.38 bits per heavy atom. The van der Waals surface area contributed by atoms with Gasteiger partial charge < -0.3 is 9.88 Å². The lowest BCUT2D eigenvalue weighted by Crippen LogP contribution is -2.26. The zero-order valence-corrected chi connectivity index (χ0v) is 9.48. The third kappa shape index (κ3) is 5.29. The van der Waals surface area contributed by atoms with Crippen molar-refractivity contribution in [3.63, 3.8) is 0 Å². The molecular formula is C11H17N3O2. The van der Waals surface area contributed by atoms with E-state index in [1.807, 2.05) is 10.8 Å². The second kappa shape index (κ2) is 6.76. The molecule has 0 saturated carbocycles. The van der Waals surface area contributed by atoms with E-state index < -0.39 is 0 Å². The molecule has 0 saturated heterocycles. The van der Waals surface area contributed by atoms with Gasteiger partial charge in [0.25, 0.3) is 0 Å². The van der Waals surface area contributed by atoms with Crippen LogP contribution in [0.2, 0.25) is 0 Å². The van der Waals surface area contributed by atoms with Crippen LogP contribution in [-0.4, -0.2) is 27.8 Å². The molecule has 1 aromatic rings. The smallest absolute Gasteiger partial charge is 0.227 e. The summed E-state index contributed by atoms with van der Waals surface area (Å²) in [6.45, 7) is 2.95. The van der Waals surface area contributed by atoms with Crippen molar-refractivity contribution in [1.29, 1.82) is 0 Å². The number of nitrogens with zero attached hydrogens (tertiary/aromatic N) is 2. The Bertz CT molecular complexity index is 333. The molecule has 0 unspecified atom stereocenters. The fraction of sp³-hybridized carbons (Fsp3) is 0.545. The molecule has 0 aliphatic carbocycles. The minimum atomic E-state index is -0.185. The summed E-state index contributed by atoms with van der Waals surface area (Å²) in [6, 6.07) is 0. The van der Waals surface area contributed by atoms with Gasteiger partial charge in [0, 0.05) is 25.5 Å². The van der Waals surface area contributed by atoms with Crippen molar-refractivity contribution in [2.45, 2.75) is 32.7 Å². The number of carbonyl (C=O) groups is 2. The summed E-state index contributed by atoms with van der Waals surface area (Å²) in [5, 5.41) is 2.71. The second-order valence-electron chi connectivity index (χ2n) is 3.74. The maximum atomic E-state index is 11.1. The maximum Gasteiger partial charge on any atom is 0.227 e. The van der Waals surface area contributed by atoms with Crippen LogP contribution in [0.3, 0.4) is 0 Å². The van der Waals surface area contributed by atoms with E-state index in [-0.39, 0.29) is 18.1 Å². The summed E-state index contributed by atoms with van der Waals surface area (Å²) < 4.78 is 2.00. The van der Waals surface area contributed by atoms with Crippen LogP contribution in [0, 0.1) is 0 Å². The monoisotopic (exact) mass is 223 g/mol. The molecule has 1 N–H and O–H groups in total. The fourth-order valence-corrected chi connectivity index (χ4v) is 1.35. The highest BCUT2D eigenvalue weighted by atomic mass is 16.2. The average Bonchev–Trinajstić information content (AvgIpc) is 2.68. The van der Waals surface area contributed by atoms with Crippen LogP contribution < -0.4 is 5.32 Å². The number of ketones is 1. The van der Waals surface area contributed by atoms with Crippen LogP contribution in [0.15, 0.2) is 18.7 Å². The molecule has 0 aliphatic rings. The maximum absolute atomic E-state index is 11.1. The average molecular weight is 223 g/mol. The summed E-state index contributed by atoms with van der Waals surface area (Å²) in [4.78, 5) is 25.7. The van der Waals surface area contributed by atoms with Crippen molar-refractivity contribution in [3.8, 4) is 0 Å². The molecule has 1 rings (SSSR count). The van der Waals surface area contributed by atoms with E-state index in [0.29, 0.717) is 6.54 Å². The molecule has 88 valence electrons. The number of aromatic nitrogens is 2. The summed E-state index contributed by atoms with van der Waals surface area (Å²) in [5.41, 5.74) is 0. The Morgan fingerprint density at radius 2 is 2.19 bits per heavy atom. The molecule has 0 atom stereocenters. The Kier molecular flexibility index (Phi) is 5.25. The van der Waals surface area contributed by atoms with E-state index in [1.54, 1.807) is 12.5 Å². The SMILES string of the molecule is CC(=O)CC(=O)NCCCCn1ccnc1. The first-order valence-electron chi connectivity index (χ1n) is 5.40. The second-order valence-corrected chi connectivity index (χ2v) is 3.74. The highest BCUT2D eigenvalue weighted by Gasteiger charge is 2.03. The predicted octanol–water partition coefficient (Wildman–Crippen LogP) is 0.759. The molecule has 0 bridgehead atoms. The third-order valence-corrected chi connectivity index (χ3v) is 2.13. The molecule has 1 amide bonds. The lowest BCUT2D eigenvalue weighted by Gasteiger charge is -2.04. The van der Waals surface area contributed by atoms with Gasteiger partial charge in [0.05, 0.1) is 12.7 Å². The van der Waals surface area contributed by atoms with Crippen LogP contribution in [0.4, 0.5) is 0 Å². The van der Waals surface area contributed by atoms with Gasteiger partial charge in [-0.2, -0.15) is 0 Å². The Balaban J connectivity index is 2.00. The molecule has 5 heteroatoms. The van der Waals surface area contributed by atoms with Gasteiger partial charge in [0.15, 0.2) is 0 Å². The van der Waals surface area contributed by atoms with Crippen molar-refractivity contribution in [2.24, 2.45) is 0 Å². The largest absolute Gasteiger partial charge is 0.356 e. The van der Waals surface area contributed by atoms with Gasteiger partial charge in [-0.15, -0.1) is 0 Å². The van der Waals surface area contributed by atoms with E-state index in [2.05, 4.69) is 10.3 Å². The predicted molar refractivity (Wildman–Crippen MR) is 59.8 cm³/mol. The van der Waals surface area contributed by atoms with E-state index >= 15 is 0 Å². The standard InChI is InChI=1S/C11H17N3O2/c1-10(15)8-11(16)13-4-2-3-6-14-7-5-12-9-14/h5,7,9H,2-4,6,8H2,1H3,(H,13,16). The van der Waals surface area contributed by atoms with Gasteiger partial charge in [-0.3, -0.25) is 9.59 Å². The Hall–Kier alpha value is -1.65. The number of carbonyl (C=O) groups excluding carboxylic acids is 2. The highest BCUT2D eigenvalue weighted by molar-refractivity contribution is 5.96. The molecular weight excluding hydrogens is 206 g/mol. The lowest BCUT2D eigenvalue weighted by atomic mass is 10.2. The van der Waals surface area contributed by atoms with Crippen molar-refractivity contribution in [1.82, 2.24) is 14.9 Å². The van der Waals surface area contributed by atoms with E-state index in [1.165, 1.54) is 6.92 Å². The normalized spacial score (nSPS) is 10.1. The molecule has 1 heterocycles. The first-order chi connectivity index (χ1) is 7.68. The third-order valence-electron chi connectivity index (χ3n) is 2.13. The van der Waals surface area contributed by atoms with Crippen molar-refractivity contribution in [2.75, 3.05) is 6.54 Å². The molecule has 5 nitrogen and oxygen atoms in total. The van der Waals surface area contributed by atoms with Crippen LogP contribution in [-0.2, 0) is 16.1 Å². The lowest BCUT2D eigenvalue weighted by molar-refractivity contribution is -0.127. The van der Waals surface area contributed by atoms with Gasteiger partial charge in [-0.1, -0.05) is 0 Å². The van der Waals surface area contributed by atoms with E-state index in [4.69, 9.17) is 0 Å². The van der Waals surface area contributed by atoms with Crippen LogP contribution in [0.25, 0.3) is 0 Å². The summed E-state index contributed by atoms with van der Waals surface area (Å²) in [5.74, 6) is -0.286. The molecule has 0 spiro atoms. The quantitative estimate of drug-likeness (QED) is 0.548. The van der Waals surface area contributed by atoms with Gasteiger partial charge in [0.1, 0.15) is 5.78 Å². The molecule has 0 aliphatic heterocycles. The van der Waals surface area contributed by atoms with Crippen LogP contribution in [0.1, 0.15) is 26.2 Å². The number of hydrogen-bond donors (Lipinski definition) is 1. The number of amides is 1. The summed E-state index contributed by atoms with van der Waals surface area (Å²) >= 11 is 0. The Labute approximate surface area is 94.9 Å². The van der Waals surface area contributed by atoms with Gasteiger partial charge in [-0.25, -0.2) is 4.98 Å². The minimum absolute atomic E-state index is 0.0124. The van der Waals surface area contributed by atoms with Crippen molar-refractivity contribution >= 4 is 11.7 Å². The summed E-state index contributed by atoms with van der Waals surface area (Å²) in [6.07, 6.45) is 7.30. The zero-order chi connectivity index (χ0) is 11.8. The number of rotatable bonds is 7. The minimum Gasteiger partial charge on any atom is -0.356 e. The van der Waals surface area contributed by atoms with Crippen molar-refractivity contribution < 1.29 is 9.59 Å². The number of hydrogen-bond acceptors (Lipinski definition) is 3. The number of unbranched alkanes of at least 4 members (excludes halogenated alkanes) is 1. The summed E-state index contributed by atoms with van der Waals surface area (Å²) in [7, 11) is 0. The fourth-order valence-electron chi connectivity index (χ4n) is 1.35. The molecule has 0 aromatic carbocycles. The highest BCUT2D eigenvalue weighted by Crippen LogP contribution is 1.94. The number of aryl methyl sites for hydroxylation is 1. The number of nitrogens with one attached hydrogen (secondary N) is 1. The van der Waals surface area contributed by atoms with Gasteiger partial charge in [0.2, 0.25) is 5.91 Å². The number of imidazole rings is 1. The van der Waals surface area contributed by atoms with Gasteiger partial charge in [-0.05, 0) is 19.8 Å². The van der Waals surface area contributed by atoms with Gasteiger partial charge >= 0.3 is 0 Å².